The van der Waals surface area contributed by atoms with Crippen molar-refractivity contribution in [2.45, 2.75) is 6.36 Å². The summed E-state index contributed by atoms with van der Waals surface area (Å²) in [5.74, 6) is -2.50. The molecule has 0 fully saturated rings. The minimum absolute atomic E-state index is 0.188. The summed E-state index contributed by atoms with van der Waals surface area (Å²) in [6.07, 6.45) is -4.94. The van der Waals surface area contributed by atoms with E-state index < -0.39 is 23.8 Å². The number of amides is 1. The van der Waals surface area contributed by atoms with Crippen molar-refractivity contribution < 1.29 is 27.8 Å². The van der Waals surface area contributed by atoms with Gasteiger partial charge in [0.25, 0.3) is 0 Å². The van der Waals surface area contributed by atoms with Gasteiger partial charge in [-0.2, -0.15) is 0 Å². The van der Waals surface area contributed by atoms with E-state index in [-0.39, 0.29) is 5.56 Å². The quantitative estimate of drug-likeness (QED) is 0.792. The molecule has 0 spiro atoms. The Hall–Kier alpha value is -1.92. The fourth-order valence-electron chi connectivity index (χ4n) is 0.874. The van der Waals surface area contributed by atoms with Crippen LogP contribution in [-0.2, 0) is 0 Å². The Morgan fingerprint density at radius 3 is 2.47 bits per heavy atom. The number of primary amides is 1. The molecular formula is C8H6F3NO3. The number of rotatable bonds is 2. The Balaban J connectivity index is 3.06. The first kappa shape index (κ1) is 11.2. The van der Waals surface area contributed by atoms with Crippen molar-refractivity contribution in [2.75, 3.05) is 0 Å². The van der Waals surface area contributed by atoms with Crippen molar-refractivity contribution in [3.63, 3.8) is 0 Å². The lowest BCUT2D eigenvalue weighted by molar-refractivity contribution is -0.275. The summed E-state index contributed by atoms with van der Waals surface area (Å²) in [5.41, 5.74) is 4.65. The van der Waals surface area contributed by atoms with E-state index in [2.05, 4.69) is 4.74 Å². The maximum Gasteiger partial charge on any atom is 0.573 e. The number of halogens is 3. The van der Waals surface area contributed by atoms with Crippen LogP contribution in [0.25, 0.3) is 0 Å². The lowest BCUT2D eigenvalue weighted by atomic mass is 10.2. The number of hydrogen-bond donors (Lipinski definition) is 2. The van der Waals surface area contributed by atoms with Gasteiger partial charge in [0.1, 0.15) is 0 Å². The molecule has 1 rings (SSSR count). The van der Waals surface area contributed by atoms with Crippen molar-refractivity contribution >= 4 is 5.91 Å². The average molecular weight is 221 g/mol. The molecule has 0 atom stereocenters. The van der Waals surface area contributed by atoms with Crippen molar-refractivity contribution in [3.8, 4) is 11.5 Å². The van der Waals surface area contributed by atoms with Crippen LogP contribution in [-0.4, -0.2) is 17.4 Å². The number of carbonyl (C=O) groups excluding carboxylic acids is 1. The van der Waals surface area contributed by atoms with E-state index >= 15 is 0 Å². The van der Waals surface area contributed by atoms with E-state index in [1.165, 1.54) is 0 Å². The monoisotopic (exact) mass is 221 g/mol. The van der Waals surface area contributed by atoms with E-state index in [0.29, 0.717) is 6.07 Å². The molecule has 0 radical (unpaired) electrons. The van der Waals surface area contributed by atoms with Gasteiger partial charge in [-0.15, -0.1) is 13.2 Å². The molecule has 0 heterocycles. The van der Waals surface area contributed by atoms with Crippen molar-refractivity contribution in [3.05, 3.63) is 23.8 Å². The SMILES string of the molecule is NC(=O)c1ccc(O)c(OC(F)(F)F)c1. The number of alkyl halides is 3. The summed E-state index contributed by atoms with van der Waals surface area (Å²) in [7, 11) is 0. The molecule has 3 N–H and O–H groups in total. The Bertz CT molecular complexity index is 389. The van der Waals surface area contributed by atoms with Crippen LogP contribution >= 0.6 is 0 Å². The van der Waals surface area contributed by atoms with E-state index in [0.717, 1.165) is 12.1 Å². The highest BCUT2D eigenvalue weighted by atomic mass is 19.4. The highest BCUT2D eigenvalue weighted by Gasteiger charge is 2.32. The summed E-state index contributed by atoms with van der Waals surface area (Å²) >= 11 is 0. The molecule has 4 nitrogen and oxygen atoms in total. The van der Waals surface area contributed by atoms with Crippen LogP contribution in [0.3, 0.4) is 0 Å². The highest BCUT2D eigenvalue weighted by molar-refractivity contribution is 5.93. The summed E-state index contributed by atoms with van der Waals surface area (Å²) in [6.45, 7) is 0. The molecular weight excluding hydrogens is 215 g/mol. The Kier molecular flexibility index (Phi) is 2.74. The fraction of sp³-hybridized carbons (Fsp3) is 0.125. The normalized spacial score (nSPS) is 11.1. The maximum absolute atomic E-state index is 11.8. The minimum atomic E-state index is -4.94. The molecule has 0 aromatic heterocycles. The van der Waals surface area contributed by atoms with Gasteiger partial charge in [-0.05, 0) is 18.2 Å². The fourth-order valence-corrected chi connectivity index (χ4v) is 0.874. The zero-order valence-corrected chi connectivity index (χ0v) is 7.21. The van der Waals surface area contributed by atoms with Crippen LogP contribution in [0, 0.1) is 0 Å². The first-order chi connectivity index (χ1) is 6.79. The number of aromatic hydroxyl groups is 1. The molecule has 0 aliphatic heterocycles. The second-order valence-corrected chi connectivity index (χ2v) is 2.59. The number of hydrogen-bond acceptors (Lipinski definition) is 3. The molecule has 15 heavy (non-hydrogen) atoms. The van der Waals surface area contributed by atoms with E-state index in [1.807, 2.05) is 0 Å². The lowest BCUT2D eigenvalue weighted by Crippen LogP contribution is -2.18. The first-order valence-electron chi connectivity index (χ1n) is 3.68. The molecule has 0 aliphatic carbocycles. The zero-order chi connectivity index (χ0) is 11.6. The number of ether oxygens (including phenoxy) is 1. The van der Waals surface area contributed by atoms with Crippen LogP contribution in [0.4, 0.5) is 13.2 Å². The molecule has 7 heteroatoms. The summed E-state index contributed by atoms with van der Waals surface area (Å²) < 4.78 is 38.9. The van der Waals surface area contributed by atoms with Gasteiger partial charge in [-0.3, -0.25) is 4.79 Å². The van der Waals surface area contributed by atoms with Gasteiger partial charge in [-0.25, -0.2) is 0 Å². The Morgan fingerprint density at radius 1 is 1.40 bits per heavy atom. The largest absolute Gasteiger partial charge is 0.573 e. The standard InChI is InChI=1S/C8H6F3NO3/c9-8(10,11)15-6-3-4(7(12)14)1-2-5(6)13/h1-3,13H,(H2,12,14). The van der Waals surface area contributed by atoms with Gasteiger partial charge in [-0.1, -0.05) is 0 Å². The highest BCUT2D eigenvalue weighted by Crippen LogP contribution is 2.31. The number of phenols is 1. The number of carbonyl (C=O) groups is 1. The van der Waals surface area contributed by atoms with Crippen molar-refractivity contribution in [2.24, 2.45) is 5.73 Å². The van der Waals surface area contributed by atoms with Gasteiger partial charge in [0.15, 0.2) is 11.5 Å². The predicted octanol–water partition coefficient (Wildman–Crippen LogP) is 1.39. The molecule has 0 saturated carbocycles. The Morgan fingerprint density at radius 2 is 2.00 bits per heavy atom. The van der Waals surface area contributed by atoms with Crippen LogP contribution in [0.5, 0.6) is 11.5 Å². The van der Waals surface area contributed by atoms with Crippen molar-refractivity contribution in [1.29, 1.82) is 0 Å². The lowest BCUT2D eigenvalue weighted by Gasteiger charge is -2.10. The summed E-state index contributed by atoms with van der Waals surface area (Å²) in [6, 6.07) is 2.69. The van der Waals surface area contributed by atoms with Gasteiger partial charge >= 0.3 is 6.36 Å². The first-order valence-corrected chi connectivity index (χ1v) is 3.68. The maximum atomic E-state index is 11.8. The van der Waals surface area contributed by atoms with Crippen LogP contribution in [0.15, 0.2) is 18.2 Å². The molecule has 1 aromatic rings. The smallest absolute Gasteiger partial charge is 0.504 e. The molecule has 0 bridgehead atoms. The molecule has 82 valence electrons. The van der Waals surface area contributed by atoms with Gasteiger partial charge in [0.05, 0.1) is 0 Å². The van der Waals surface area contributed by atoms with Crippen LogP contribution in [0.1, 0.15) is 10.4 Å². The summed E-state index contributed by atoms with van der Waals surface area (Å²) in [4.78, 5) is 10.6. The predicted molar refractivity (Wildman–Crippen MR) is 43.3 cm³/mol. The molecule has 1 aromatic carbocycles. The third kappa shape index (κ3) is 3.04. The van der Waals surface area contributed by atoms with Gasteiger partial charge in [0, 0.05) is 5.56 Å². The molecule has 0 unspecified atom stereocenters. The third-order valence-corrected chi connectivity index (χ3v) is 1.47. The number of benzene rings is 1. The second kappa shape index (κ2) is 3.68. The van der Waals surface area contributed by atoms with E-state index in [4.69, 9.17) is 10.8 Å². The number of phenolic OH excluding ortho intramolecular Hbond substituents is 1. The zero-order valence-electron chi connectivity index (χ0n) is 7.21. The van der Waals surface area contributed by atoms with E-state index in [1.54, 1.807) is 0 Å². The van der Waals surface area contributed by atoms with Crippen LogP contribution in [0.2, 0.25) is 0 Å². The average Bonchev–Trinajstić information content (AvgIpc) is 2.06. The minimum Gasteiger partial charge on any atom is -0.504 e. The second-order valence-electron chi connectivity index (χ2n) is 2.59. The van der Waals surface area contributed by atoms with Crippen molar-refractivity contribution in [1.82, 2.24) is 0 Å². The third-order valence-electron chi connectivity index (χ3n) is 1.47. The summed E-state index contributed by atoms with van der Waals surface area (Å²) in [5, 5.41) is 9.00. The molecule has 1 amide bonds. The van der Waals surface area contributed by atoms with Gasteiger partial charge < -0.3 is 15.6 Å². The topological polar surface area (TPSA) is 72.6 Å². The molecule has 0 aliphatic rings. The Labute approximate surface area is 82.1 Å². The number of nitrogens with two attached hydrogens (primary N) is 1. The van der Waals surface area contributed by atoms with E-state index in [9.17, 15) is 18.0 Å². The molecule has 0 saturated heterocycles. The van der Waals surface area contributed by atoms with Gasteiger partial charge in [0.2, 0.25) is 5.91 Å². The van der Waals surface area contributed by atoms with Crippen LogP contribution < -0.4 is 10.5 Å².